The molecule has 1 aromatic carbocycles. The molecule has 0 bridgehead atoms. The number of carbonyl (C=O) groups is 1. The first-order chi connectivity index (χ1) is 13.7. The van der Waals surface area contributed by atoms with Gasteiger partial charge in [0.1, 0.15) is 11.5 Å². The fourth-order valence-corrected chi connectivity index (χ4v) is 5.28. The van der Waals surface area contributed by atoms with Crippen molar-refractivity contribution in [3.63, 3.8) is 0 Å². The molecule has 4 nitrogen and oxygen atoms in total. The molecule has 1 unspecified atom stereocenters. The molecule has 1 atom stereocenters. The van der Waals surface area contributed by atoms with Crippen molar-refractivity contribution in [2.45, 2.75) is 12.5 Å². The van der Waals surface area contributed by atoms with Crippen LogP contribution in [-0.2, 0) is 11.2 Å². The molecule has 0 radical (unpaired) electrons. The van der Waals surface area contributed by atoms with Crippen LogP contribution in [0.4, 0.5) is 0 Å². The van der Waals surface area contributed by atoms with Crippen molar-refractivity contribution in [3.8, 4) is 11.5 Å². The van der Waals surface area contributed by atoms with Crippen LogP contribution < -0.4 is 9.47 Å². The number of amides is 1. The molecule has 6 heteroatoms. The quantitative estimate of drug-likeness (QED) is 0.554. The van der Waals surface area contributed by atoms with Crippen LogP contribution in [0.3, 0.4) is 0 Å². The van der Waals surface area contributed by atoms with Gasteiger partial charge in [0.2, 0.25) is 5.91 Å². The zero-order valence-electron chi connectivity index (χ0n) is 15.8. The second kappa shape index (κ2) is 8.20. The van der Waals surface area contributed by atoms with Gasteiger partial charge in [0.25, 0.3) is 0 Å². The number of methoxy groups -OCH3 is 2. The van der Waals surface area contributed by atoms with Crippen molar-refractivity contribution in [1.29, 1.82) is 0 Å². The summed E-state index contributed by atoms with van der Waals surface area (Å²) >= 11 is 3.47. The Hall–Kier alpha value is -2.57. The molecule has 1 aliphatic heterocycles. The molecule has 28 heavy (non-hydrogen) atoms. The maximum atomic E-state index is 13.1. The summed E-state index contributed by atoms with van der Waals surface area (Å²) in [6.45, 7) is 0.721. The second-order valence-electron chi connectivity index (χ2n) is 6.44. The Balaban J connectivity index is 1.62. The summed E-state index contributed by atoms with van der Waals surface area (Å²) in [5, 5.41) is 4.19. The van der Waals surface area contributed by atoms with E-state index in [1.807, 2.05) is 35.2 Å². The first-order valence-electron chi connectivity index (χ1n) is 9.01. The zero-order chi connectivity index (χ0) is 19.5. The summed E-state index contributed by atoms with van der Waals surface area (Å²) in [5.41, 5.74) is 2.10. The molecule has 1 aliphatic rings. The monoisotopic (exact) mass is 411 g/mol. The standard InChI is InChI=1S/C22H21NO3S2/c1-25-16-7-5-15(18(14-16)26-2)6-8-21(24)23-11-9-19-17(10-13-28-19)22(23)20-4-3-12-27-20/h3-8,10,12-14,22H,9,11H2,1-2H3. The maximum Gasteiger partial charge on any atom is 0.247 e. The van der Waals surface area contributed by atoms with Crippen molar-refractivity contribution in [3.05, 3.63) is 74.1 Å². The van der Waals surface area contributed by atoms with Gasteiger partial charge in [-0.2, -0.15) is 0 Å². The van der Waals surface area contributed by atoms with Gasteiger partial charge in [-0.05, 0) is 53.1 Å². The van der Waals surface area contributed by atoms with Crippen LogP contribution >= 0.6 is 22.7 Å². The highest BCUT2D eigenvalue weighted by Gasteiger charge is 2.32. The highest BCUT2D eigenvalue weighted by molar-refractivity contribution is 7.10. The Kier molecular flexibility index (Phi) is 5.50. The highest BCUT2D eigenvalue weighted by Crippen LogP contribution is 2.39. The van der Waals surface area contributed by atoms with Gasteiger partial charge in [0, 0.05) is 34.0 Å². The average molecular weight is 412 g/mol. The van der Waals surface area contributed by atoms with Crippen LogP contribution in [0.25, 0.3) is 6.08 Å². The summed E-state index contributed by atoms with van der Waals surface area (Å²) in [6, 6.07) is 11.9. The van der Waals surface area contributed by atoms with Crippen molar-refractivity contribution >= 4 is 34.7 Å². The van der Waals surface area contributed by atoms with Crippen LogP contribution in [0.1, 0.15) is 26.9 Å². The fourth-order valence-electron chi connectivity index (χ4n) is 3.52. The Morgan fingerprint density at radius 1 is 1.14 bits per heavy atom. The number of ether oxygens (including phenoxy) is 2. The predicted molar refractivity (Wildman–Crippen MR) is 114 cm³/mol. The number of fused-ring (bicyclic) bond motifs is 1. The van der Waals surface area contributed by atoms with E-state index in [2.05, 4.69) is 22.9 Å². The summed E-state index contributed by atoms with van der Waals surface area (Å²) in [6.07, 6.45) is 4.36. The molecular weight excluding hydrogens is 390 g/mol. The highest BCUT2D eigenvalue weighted by atomic mass is 32.1. The lowest BCUT2D eigenvalue weighted by Gasteiger charge is -2.34. The third-order valence-electron chi connectivity index (χ3n) is 4.91. The van der Waals surface area contributed by atoms with E-state index in [0.29, 0.717) is 5.75 Å². The van der Waals surface area contributed by atoms with E-state index in [0.717, 1.165) is 24.3 Å². The van der Waals surface area contributed by atoms with Gasteiger partial charge in [0.15, 0.2) is 0 Å². The SMILES string of the molecule is COc1ccc(C=CC(=O)N2CCc3sccc3C2c2cccs2)c(OC)c1. The van der Waals surface area contributed by atoms with Crippen molar-refractivity contribution in [2.75, 3.05) is 20.8 Å². The van der Waals surface area contributed by atoms with E-state index in [9.17, 15) is 4.79 Å². The topological polar surface area (TPSA) is 38.8 Å². The molecule has 4 rings (SSSR count). The van der Waals surface area contributed by atoms with Gasteiger partial charge < -0.3 is 14.4 Å². The van der Waals surface area contributed by atoms with Crippen LogP contribution in [0.2, 0.25) is 0 Å². The summed E-state index contributed by atoms with van der Waals surface area (Å²) in [4.78, 5) is 17.7. The van der Waals surface area contributed by atoms with Crippen LogP contribution in [0.5, 0.6) is 11.5 Å². The Labute approximate surface area is 172 Å². The van der Waals surface area contributed by atoms with Crippen molar-refractivity contribution < 1.29 is 14.3 Å². The van der Waals surface area contributed by atoms with Gasteiger partial charge in [0.05, 0.1) is 20.3 Å². The van der Waals surface area contributed by atoms with E-state index >= 15 is 0 Å². The Morgan fingerprint density at radius 2 is 2.04 bits per heavy atom. The van der Waals surface area contributed by atoms with Crippen molar-refractivity contribution in [2.24, 2.45) is 0 Å². The zero-order valence-corrected chi connectivity index (χ0v) is 17.4. The lowest BCUT2D eigenvalue weighted by Crippen LogP contribution is -2.38. The number of benzene rings is 1. The largest absolute Gasteiger partial charge is 0.497 e. The van der Waals surface area contributed by atoms with E-state index in [1.54, 1.807) is 43.0 Å². The first-order valence-corrected chi connectivity index (χ1v) is 10.8. The fraction of sp³-hybridized carbons (Fsp3) is 0.227. The lowest BCUT2D eigenvalue weighted by atomic mass is 9.98. The normalized spacial score (nSPS) is 16.2. The molecule has 2 aromatic heterocycles. The molecule has 0 aliphatic carbocycles. The van der Waals surface area contributed by atoms with Gasteiger partial charge in [-0.25, -0.2) is 0 Å². The minimum Gasteiger partial charge on any atom is -0.497 e. The number of nitrogens with zero attached hydrogens (tertiary/aromatic N) is 1. The first kappa shape index (κ1) is 18.8. The molecule has 3 aromatic rings. The molecular formula is C22H21NO3S2. The molecule has 0 saturated carbocycles. The van der Waals surface area contributed by atoms with Crippen LogP contribution in [0, 0.1) is 0 Å². The molecule has 0 saturated heterocycles. The Morgan fingerprint density at radius 3 is 2.79 bits per heavy atom. The minimum atomic E-state index is -0.00934. The van der Waals surface area contributed by atoms with Gasteiger partial charge in [-0.1, -0.05) is 6.07 Å². The number of rotatable bonds is 5. The maximum absolute atomic E-state index is 13.1. The number of carbonyl (C=O) groups excluding carboxylic acids is 1. The predicted octanol–water partition coefficient (Wildman–Crippen LogP) is 5.01. The molecule has 0 fully saturated rings. The van der Waals surface area contributed by atoms with Crippen LogP contribution in [-0.4, -0.2) is 31.6 Å². The summed E-state index contributed by atoms with van der Waals surface area (Å²) < 4.78 is 10.7. The average Bonchev–Trinajstić information content (AvgIpc) is 3.42. The summed E-state index contributed by atoms with van der Waals surface area (Å²) in [7, 11) is 3.23. The molecule has 0 N–H and O–H groups in total. The molecule has 3 heterocycles. The minimum absolute atomic E-state index is 0.00752. The Bertz CT molecular complexity index is 991. The summed E-state index contributed by atoms with van der Waals surface area (Å²) in [5.74, 6) is 1.41. The van der Waals surface area contributed by atoms with E-state index in [-0.39, 0.29) is 11.9 Å². The third kappa shape index (κ3) is 3.57. The third-order valence-corrected chi connectivity index (χ3v) is 6.83. The van der Waals surface area contributed by atoms with E-state index < -0.39 is 0 Å². The second-order valence-corrected chi connectivity index (χ2v) is 8.42. The van der Waals surface area contributed by atoms with E-state index in [1.165, 1.54) is 15.3 Å². The molecule has 144 valence electrons. The molecule has 1 amide bonds. The van der Waals surface area contributed by atoms with Gasteiger partial charge in [-0.3, -0.25) is 4.79 Å². The van der Waals surface area contributed by atoms with E-state index in [4.69, 9.17) is 9.47 Å². The smallest absolute Gasteiger partial charge is 0.247 e. The van der Waals surface area contributed by atoms with Gasteiger partial charge >= 0.3 is 0 Å². The van der Waals surface area contributed by atoms with Crippen molar-refractivity contribution in [1.82, 2.24) is 4.90 Å². The number of thiophene rings is 2. The molecule has 0 spiro atoms. The van der Waals surface area contributed by atoms with Crippen LogP contribution in [0.15, 0.2) is 53.2 Å². The van der Waals surface area contributed by atoms with Gasteiger partial charge in [-0.15, -0.1) is 22.7 Å². The number of hydrogen-bond acceptors (Lipinski definition) is 5. The number of hydrogen-bond donors (Lipinski definition) is 0. The lowest BCUT2D eigenvalue weighted by molar-refractivity contribution is -0.127.